The predicted octanol–water partition coefficient (Wildman–Crippen LogP) is 6.48. The molecular formula is C28H41NO3. The molecule has 3 aliphatic carbocycles. The fraction of sp³-hybridized carbons (Fsp3) is 0.750. The summed E-state index contributed by atoms with van der Waals surface area (Å²) in [6.45, 7) is 13.1. The Bertz CT molecular complexity index is 834. The largest absolute Gasteiger partial charge is 0.493 e. The van der Waals surface area contributed by atoms with E-state index in [1.54, 1.807) is 0 Å². The number of allylic oxidation sites excluding steroid dienone is 1. The number of hydrogen-bond donors (Lipinski definition) is 0. The highest BCUT2D eigenvalue weighted by Crippen LogP contribution is 2.63. The topological polar surface area (TPSA) is 40.6 Å². The number of pyridine rings is 1. The van der Waals surface area contributed by atoms with E-state index in [9.17, 15) is 0 Å². The fourth-order valence-electron chi connectivity index (χ4n) is 7.77. The van der Waals surface area contributed by atoms with Gasteiger partial charge in [0.2, 0.25) is 0 Å². The van der Waals surface area contributed by atoms with Crippen molar-refractivity contribution in [1.82, 2.24) is 4.98 Å². The van der Waals surface area contributed by atoms with Crippen molar-refractivity contribution in [1.29, 1.82) is 0 Å². The molecule has 0 N–H and O–H groups in total. The highest BCUT2D eigenvalue weighted by molar-refractivity contribution is 5.22. The molecule has 1 aromatic heterocycles. The summed E-state index contributed by atoms with van der Waals surface area (Å²) in [5, 5.41) is 0. The van der Waals surface area contributed by atoms with Crippen LogP contribution in [-0.2, 0) is 9.47 Å². The van der Waals surface area contributed by atoms with Gasteiger partial charge in [0.25, 0.3) is 0 Å². The maximum Gasteiger partial charge on any atom is 0.160 e. The summed E-state index contributed by atoms with van der Waals surface area (Å²) < 4.78 is 19.3. The number of ether oxygens (including phenoxy) is 3. The monoisotopic (exact) mass is 439 g/mol. The molecule has 32 heavy (non-hydrogen) atoms. The van der Waals surface area contributed by atoms with Gasteiger partial charge in [-0.2, -0.15) is 0 Å². The summed E-state index contributed by atoms with van der Waals surface area (Å²) in [6, 6.07) is 3.97. The predicted molar refractivity (Wildman–Crippen MR) is 126 cm³/mol. The van der Waals surface area contributed by atoms with E-state index in [2.05, 4.69) is 25.4 Å². The van der Waals surface area contributed by atoms with E-state index < -0.39 is 0 Å². The second kappa shape index (κ2) is 8.76. The van der Waals surface area contributed by atoms with E-state index in [-0.39, 0.29) is 17.1 Å². The molecule has 1 aliphatic heterocycles. The van der Waals surface area contributed by atoms with Crippen molar-refractivity contribution < 1.29 is 14.2 Å². The normalized spacial score (nSPS) is 40.0. The van der Waals surface area contributed by atoms with Crippen molar-refractivity contribution >= 4 is 0 Å². The number of fused-ring (bicyclic) bond motifs is 3. The van der Waals surface area contributed by atoms with Crippen molar-refractivity contribution in [2.24, 2.45) is 28.6 Å². The molecule has 1 saturated heterocycles. The molecule has 4 aliphatic rings. The van der Waals surface area contributed by atoms with Crippen LogP contribution in [0.5, 0.6) is 5.75 Å². The van der Waals surface area contributed by atoms with E-state index in [0.717, 1.165) is 43.9 Å². The molecule has 0 bridgehead atoms. The van der Waals surface area contributed by atoms with Crippen LogP contribution in [0.1, 0.15) is 77.3 Å². The summed E-state index contributed by atoms with van der Waals surface area (Å²) in [4.78, 5) is 4.27. The van der Waals surface area contributed by atoms with Gasteiger partial charge in [0, 0.05) is 29.3 Å². The van der Waals surface area contributed by atoms with Crippen LogP contribution in [0.4, 0.5) is 0 Å². The Hall–Kier alpha value is -1.39. The van der Waals surface area contributed by atoms with E-state index in [1.807, 2.05) is 25.3 Å². The number of rotatable bonds is 5. The van der Waals surface area contributed by atoms with E-state index >= 15 is 0 Å². The first-order chi connectivity index (χ1) is 15.4. The average molecular weight is 440 g/mol. The molecule has 176 valence electrons. The second-order valence-corrected chi connectivity index (χ2v) is 11.5. The zero-order chi connectivity index (χ0) is 22.3. The van der Waals surface area contributed by atoms with E-state index in [0.29, 0.717) is 23.9 Å². The lowest BCUT2D eigenvalue weighted by Gasteiger charge is -2.63. The smallest absolute Gasteiger partial charge is 0.160 e. The van der Waals surface area contributed by atoms with Crippen LogP contribution < -0.4 is 4.74 Å². The maximum absolute atomic E-state index is 6.71. The third kappa shape index (κ3) is 3.92. The molecule has 0 radical (unpaired) electrons. The molecule has 1 aromatic rings. The molecule has 0 aromatic carbocycles. The van der Waals surface area contributed by atoms with Crippen LogP contribution in [-0.4, -0.2) is 30.6 Å². The molecule has 0 amide bonds. The van der Waals surface area contributed by atoms with Gasteiger partial charge in [-0.1, -0.05) is 38.8 Å². The first kappa shape index (κ1) is 22.4. The van der Waals surface area contributed by atoms with Gasteiger partial charge in [-0.05, 0) is 75.2 Å². The first-order valence-corrected chi connectivity index (χ1v) is 12.9. The number of nitrogens with zero attached hydrogens (tertiary/aromatic N) is 1. The molecule has 4 nitrogen and oxygen atoms in total. The Morgan fingerprint density at radius 2 is 1.97 bits per heavy atom. The first-order valence-electron chi connectivity index (χ1n) is 12.9. The lowest BCUT2D eigenvalue weighted by molar-refractivity contribution is -0.316. The van der Waals surface area contributed by atoms with Gasteiger partial charge in [-0.25, -0.2) is 0 Å². The number of hydrogen-bond acceptors (Lipinski definition) is 4. The lowest BCUT2D eigenvalue weighted by atomic mass is 9.46. The average Bonchev–Trinajstić information content (AvgIpc) is 3.30. The lowest BCUT2D eigenvalue weighted by Crippen LogP contribution is -2.62. The van der Waals surface area contributed by atoms with Gasteiger partial charge >= 0.3 is 0 Å². The Kier molecular flexibility index (Phi) is 6.13. The minimum Gasteiger partial charge on any atom is -0.493 e. The molecule has 0 spiro atoms. The molecule has 5 rings (SSSR count). The van der Waals surface area contributed by atoms with Crippen LogP contribution in [0.15, 0.2) is 30.5 Å². The Balaban J connectivity index is 1.28. The Labute approximate surface area is 194 Å². The van der Waals surface area contributed by atoms with E-state index in [4.69, 9.17) is 14.2 Å². The highest BCUT2D eigenvalue weighted by Gasteiger charge is 2.60. The van der Waals surface area contributed by atoms with Gasteiger partial charge in [0.1, 0.15) is 5.75 Å². The second-order valence-electron chi connectivity index (χ2n) is 11.5. The highest BCUT2D eigenvalue weighted by atomic mass is 16.7. The summed E-state index contributed by atoms with van der Waals surface area (Å²) in [6.07, 6.45) is 13.1. The molecule has 3 saturated carbocycles. The summed E-state index contributed by atoms with van der Waals surface area (Å²) in [5.41, 5.74) is 2.76. The van der Waals surface area contributed by atoms with Crippen LogP contribution in [0.3, 0.4) is 0 Å². The van der Waals surface area contributed by atoms with Crippen LogP contribution in [0.25, 0.3) is 0 Å². The minimum absolute atomic E-state index is 0.0338. The van der Waals surface area contributed by atoms with Crippen LogP contribution in [0, 0.1) is 35.5 Å². The third-order valence-electron chi connectivity index (χ3n) is 9.50. The van der Waals surface area contributed by atoms with Crippen molar-refractivity contribution in [3.63, 3.8) is 0 Å². The minimum atomic E-state index is 0.0338. The van der Waals surface area contributed by atoms with Crippen molar-refractivity contribution in [3.8, 4) is 5.75 Å². The Morgan fingerprint density at radius 1 is 1.16 bits per heavy atom. The van der Waals surface area contributed by atoms with Gasteiger partial charge in [-0.15, -0.1) is 0 Å². The van der Waals surface area contributed by atoms with Crippen molar-refractivity contribution in [3.05, 3.63) is 36.2 Å². The molecular weight excluding hydrogens is 398 g/mol. The van der Waals surface area contributed by atoms with Crippen molar-refractivity contribution in [2.45, 2.75) is 91.0 Å². The Morgan fingerprint density at radius 3 is 2.75 bits per heavy atom. The summed E-state index contributed by atoms with van der Waals surface area (Å²) in [7, 11) is 0. The van der Waals surface area contributed by atoms with E-state index in [1.165, 1.54) is 44.1 Å². The quantitative estimate of drug-likeness (QED) is 0.492. The van der Waals surface area contributed by atoms with Gasteiger partial charge in [-0.3, -0.25) is 4.98 Å². The molecule has 2 heterocycles. The standard InChI is InChI=1S/C28H41NO3/c1-19-9-10-24-27(3,23(19)13-16-30-22-12-15-29-20(2)17-22)14-11-25-28(24,4)18-31-26(32-25)21-7-5-6-8-21/h12,15,17,21,23-26H,1,5-11,13-14,16,18H2,2-4H3/t23-,24?,25-,26+,27+,28+/m1/s1. The van der Waals surface area contributed by atoms with Gasteiger partial charge in [0.05, 0.1) is 19.3 Å². The van der Waals surface area contributed by atoms with Gasteiger partial charge < -0.3 is 14.2 Å². The summed E-state index contributed by atoms with van der Waals surface area (Å²) in [5.74, 6) is 2.63. The van der Waals surface area contributed by atoms with Crippen LogP contribution >= 0.6 is 0 Å². The SMILES string of the molecule is C=C1CCC2[C@]3(C)CO[C@H](C4CCCC4)O[C@@H]3CC[C@@]2(C)[C@@H]1CCOc1ccnc(C)c1. The maximum atomic E-state index is 6.71. The zero-order valence-corrected chi connectivity index (χ0v) is 20.3. The molecule has 4 fully saturated rings. The van der Waals surface area contributed by atoms with Gasteiger partial charge in [0.15, 0.2) is 6.29 Å². The zero-order valence-electron chi connectivity index (χ0n) is 20.3. The molecule has 6 atom stereocenters. The van der Waals surface area contributed by atoms with Crippen molar-refractivity contribution in [2.75, 3.05) is 13.2 Å². The van der Waals surface area contributed by atoms with Crippen LogP contribution in [0.2, 0.25) is 0 Å². The number of aryl methyl sites for hydroxylation is 1. The fourth-order valence-corrected chi connectivity index (χ4v) is 7.77. The number of aromatic nitrogens is 1. The third-order valence-corrected chi connectivity index (χ3v) is 9.50. The summed E-state index contributed by atoms with van der Waals surface area (Å²) >= 11 is 0. The molecule has 4 heteroatoms. The molecule has 1 unspecified atom stereocenters.